The average Bonchev–Trinajstić information content (AvgIpc) is 2.65. The van der Waals surface area contributed by atoms with E-state index in [1.54, 1.807) is 43.5 Å². The highest BCUT2D eigenvalue weighted by molar-refractivity contribution is 7.95. The van der Waals surface area contributed by atoms with Crippen LogP contribution >= 0.6 is 0 Å². The summed E-state index contributed by atoms with van der Waals surface area (Å²) >= 11 is 0. The molecule has 0 unspecified atom stereocenters. The molecule has 0 atom stereocenters. The minimum atomic E-state index is -3.69. The molecule has 8 heteroatoms. The van der Waals surface area contributed by atoms with Crippen LogP contribution in [0.1, 0.15) is 5.56 Å². The number of nitrogens with one attached hydrogen (secondary N) is 1. The van der Waals surface area contributed by atoms with E-state index < -0.39 is 10.0 Å². The molecule has 0 bridgehead atoms. The van der Waals surface area contributed by atoms with Crippen molar-refractivity contribution in [2.45, 2.75) is 0 Å². The maximum absolute atomic E-state index is 12.2. The number of hydrogen-bond acceptors (Lipinski definition) is 6. The molecule has 0 aliphatic rings. The molecule has 26 heavy (non-hydrogen) atoms. The summed E-state index contributed by atoms with van der Waals surface area (Å²) < 4.78 is 47.7. The van der Waals surface area contributed by atoms with Crippen LogP contribution in [0.25, 0.3) is 6.08 Å². The van der Waals surface area contributed by atoms with Gasteiger partial charge in [-0.05, 0) is 48.0 Å². The fraction of sp³-hybridized carbons (Fsp3) is 0.222. The zero-order valence-corrected chi connectivity index (χ0v) is 15.8. The van der Waals surface area contributed by atoms with Crippen LogP contribution in [-0.4, -0.2) is 36.9 Å². The second-order valence-corrected chi connectivity index (χ2v) is 6.70. The van der Waals surface area contributed by atoms with Crippen molar-refractivity contribution in [3.8, 4) is 23.0 Å². The smallest absolute Gasteiger partial charge is 0.255 e. The van der Waals surface area contributed by atoms with Gasteiger partial charge >= 0.3 is 0 Å². The largest absolute Gasteiger partial charge is 0.497 e. The predicted molar refractivity (Wildman–Crippen MR) is 101 cm³/mol. The van der Waals surface area contributed by atoms with Crippen LogP contribution in [0.4, 0.5) is 5.69 Å². The standard InChI is InChI=1S/C18H21NO6S/c1-22-15-7-5-14(6-8-15)19-26(20,21)10-9-13-11-16(23-2)18(25-4)17(12-13)24-3/h5-12,19H,1-4H3/b10-9+. The SMILES string of the molecule is COc1ccc(NS(=O)(=O)/C=C/c2cc(OC)c(OC)c(OC)c2)cc1. The monoisotopic (exact) mass is 379 g/mol. The third-order valence-corrected chi connectivity index (χ3v) is 4.49. The molecule has 0 aliphatic heterocycles. The Morgan fingerprint density at radius 2 is 1.42 bits per heavy atom. The van der Waals surface area contributed by atoms with Crippen LogP contribution in [0.15, 0.2) is 41.8 Å². The maximum Gasteiger partial charge on any atom is 0.255 e. The van der Waals surface area contributed by atoms with Gasteiger partial charge in [0.05, 0.1) is 33.8 Å². The summed E-state index contributed by atoms with van der Waals surface area (Å²) in [7, 11) is 2.33. The molecule has 0 heterocycles. The third-order valence-electron chi connectivity index (χ3n) is 3.48. The van der Waals surface area contributed by atoms with Gasteiger partial charge in [0, 0.05) is 5.69 Å². The summed E-state index contributed by atoms with van der Waals surface area (Å²) in [6.07, 6.45) is 1.44. The Kier molecular flexibility index (Phi) is 6.35. The van der Waals surface area contributed by atoms with Crippen molar-refractivity contribution >= 4 is 21.8 Å². The van der Waals surface area contributed by atoms with Crippen molar-refractivity contribution in [1.29, 1.82) is 0 Å². The first-order chi connectivity index (χ1) is 12.4. The molecule has 0 amide bonds. The number of sulfonamides is 1. The molecule has 1 N–H and O–H groups in total. The van der Waals surface area contributed by atoms with Gasteiger partial charge in [-0.1, -0.05) is 0 Å². The average molecular weight is 379 g/mol. The Morgan fingerprint density at radius 3 is 1.88 bits per heavy atom. The lowest BCUT2D eigenvalue weighted by molar-refractivity contribution is 0.324. The molecule has 140 valence electrons. The molecule has 0 saturated heterocycles. The van der Waals surface area contributed by atoms with Gasteiger partial charge in [-0.2, -0.15) is 0 Å². The number of rotatable bonds is 8. The van der Waals surface area contributed by atoms with Gasteiger partial charge in [0.2, 0.25) is 5.75 Å². The highest BCUT2D eigenvalue weighted by Crippen LogP contribution is 2.38. The maximum atomic E-state index is 12.2. The van der Waals surface area contributed by atoms with Crippen LogP contribution in [0.5, 0.6) is 23.0 Å². The Labute approximate surface area is 153 Å². The van der Waals surface area contributed by atoms with Crippen LogP contribution in [0.2, 0.25) is 0 Å². The minimum Gasteiger partial charge on any atom is -0.497 e. The molecule has 0 aromatic heterocycles. The first kappa shape index (κ1) is 19.5. The summed E-state index contributed by atoms with van der Waals surface area (Å²) in [4.78, 5) is 0. The van der Waals surface area contributed by atoms with Crippen molar-refractivity contribution in [2.24, 2.45) is 0 Å². The van der Waals surface area contributed by atoms with E-state index in [0.29, 0.717) is 34.2 Å². The molecule has 2 aromatic rings. The van der Waals surface area contributed by atoms with Gasteiger partial charge in [-0.15, -0.1) is 0 Å². The molecule has 0 fully saturated rings. The van der Waals surface area contributed by atoms with E-state index in [9.17, 15) is 8.42 Å². The van der Waals surface area contributed by atoms with E-state index in [0.717, 1.165) is 5.41 Å². The summed E-state index contributed by atoms with van der Waals surface area (Å²) in [5.74, 6) is 1.95. The van der Waals surface area contributed by atoms with Crippen LogP contribution in [-0.2, 0) is 10.0 Å². The fourth-order valence-corrected chi connectivity index (χ4v) is 3.09. The molecule has 2 aromatic carbocycles. The Morgan fingerprint density at radius 1 is 0.846 bits per heavy atom. The van der Waals surface area contributed by atoms with E-state index in [-0.39, 0.29) is 0 Å². The molecule has 0 aliphatic carbocycles. The highest BCUT2D eigenvalue weighted by Gasteiger charge is 2.13. The first-order valence-electron chi connectivity index (χ1n) is 7.57. The molecule has 2 rings (SSSR count). The molecule has 0 spiro atoms. The van der Waals surface area contributed by atoms with Gasteiger partial charge in [0.25, 0.3) is 10.0 Å². The lowest BCUT2D eigenvalue weighted by atomic mass is 10.2. The summed E-state index contributed by atoms with van der Waals surface area (Å²) in [6.45, 7) is 0. The topological polar surface area (TPSA) is 83.1 Å². The quantitative estimate of drug-likeness (QED) is 0.759. The van der Waals surface area contributed by atoms with E-state index >= 15 is 0 Å². The number of methoxy groups -OCH3 is 4. The second-order valence-electron chi connectivity index (χ2n) is 5.14. The van der Waals surface area contributed by atoms with Crippen LogP contribution < -0.4 is 23.7 Å². The Balaban J connectivity index is 2.23. The van der Waals surface area contributed by atoms with Gasteiger partial charge < -0.3 is 18.9 Å². The predicted octanol–water partition coefficient (Wildman–Crippen LogP) is 3.13. The van der Waals surface area contributed by atoms with Crippen molar-refractivity contribution in [3.63, 3.8) is 0 Å². The van der Waals surface area contributed by atoms with E-state index in [1.807, 2.05) is 0 Å². The van der Waals surface area contributed by atoms with Gasteiger partial charge in [-0.25, -0.2) is 8.42 Å². The Hall–Kier alpha value is -2.87. The number of ether oxygens (including phenoxy) is 4. The van der Waals surface area contributed by atoms with E-state index in [2.05, 4.69) is 4.72 Å². The zero-order valence-electron chi connectivity index (χ0n) is 15.0. The lowest BCUT2D eigenvalue weighted by Gasteiger charge is -2.12. The number of anilines is 1. The minimum absolute atomic E-state index is 0.431. The van der Waals surface area contributed by atoms with Gasteiger partial charge in [0.15, 0.2) is 11.5 Å². The van der Waals surface area contributed by atoms with Crippen LogP contribution in [0.3, 0.4) is 0 Å². The van der Waals surface area contributed by atoms with E-state index in [4.69, 9.17) is 18.9 Å². The van der Waals surface area contributed by atoms with E-state index in [1.165, 1.54) is 27.4 Å². The summed E-state index contributed by atoms with van der Waals surface area (Å²) in [6, 6.07) is 9.87. The van der Waals surface area contributed by atoms with Gasteiger partial charge in [-0.3, -0.25) is 4.72 Å². The normalized spacial score (nSPS) is 11.2. The number of hydrogen-bond donors (Lipinski definition) is 1. The molecular weight excluding hydrogens is 358 g/mol. The Bertz CT molecular complexity index is 850. The van der Waals surface area contributed by atoms with Gasteiger partial charge in [0.1, 0.15) is 5.75 Å². The fourth-order valence-electron chi connectivity index (χ4n) is 2.22. The lowest BCUT2D eigenvalue weighted by Crippen LogP contribution is -2.08. The van der Waals surface area contributed by atoms with Crippen LogP contribution in [0, 0.1) is 0 Å². The molecule has 0 saturated carbocycles. The third kappa shape index (κ3) is 4.82. The summed E-state index contributed by atoms with van der Waals surface area (Å²) in [5, 5.41) is 1.07. The molecular formula is C18H21NO6S. The highest BCUT2D eigenvalue weighted by atomic mass is 32.2. The van der Waals surface area contributed by atoms with Crippen molar-refractivity contribution < 1.29 is 27.4 Å². The summed E-state index contributed by atoms with van der Waals surface area (Å²) in [5.41, 5.74) is 1.01. The molecule has 0 radical (unpaired) electrons. The first-order valence-corrected chi connectivity index (χ1v) is 9.12. The second kappa shape index (κ2) is 8.48. The zero-order chi connectivity index (χ0) is 19.2. The van der Waals surface area contributed by atoms with Crippen molar-refractivity contribution in [1.82, 2.24) is 0 Å². The number of benzene rings is 2. The van der Waals surface area contributed by atoms with Crippen molar-refractivity contribution in [2.75, 3.05) is 33.2 Å². The molecule has 7 nitrogen and oxygen atoms in total. The van der Waals surface area contributed by atoms with Crippen molar-refractivity contribution in [3.05, 3.63) is 47.4 Å².